The first kappa shape index (κ1) is 15.7. The summed E-state index contributed by atoms with van der Waals surface area (Å²) in [6.07, 6.45) is 8.82. The minimum atomic E-state index is 0.787. The van der Waals surface area contributed by atoms with Gasteiger partial charge < -0.3 is 10.6 Å². The highest BCUT2D eigenvalue weighted by Gasteiger charge is 2.18. The van der Waals surface area contributed by atoms with E-state index in [0.717, 1.165) is 18.4 Å². The van der Waals surface area contributed by atoms with Gasteiger partial charge in [0.05, 0.1) is 0 Å². The van der Waals surface area contributed by atoms with Crippen LogP contribution in [0, 0.1) is 11.8 Å². The lowest BCUT2D eigenvalue weighted by Crippen LogP contribution is -2.35. The van der Waals surface area contributed by atoms with E-state index in [9.17, 15) is 0 Å². The van der Waals surface area contributed by atoms with E-state index in [-0.39, 0.29) is 0 Å². The third-order valence-electron chi connectivity index (χ3n) is 4.31. The van der Waals surface area contributed by atoms with Crippen molar-refractivity contribution in [3.63, 3.8) is 0 Å². The van der Waals surface area contributed by atoms with Crippen molar-refractivity contribution >= 4 is 0 Å². The maximum atomic E-state index is 5.70. The Morgan fingerprint density at radius 2 is 2.22 bits per heavy atom. The van der Waals surface area contributed by atoms with Crippen LogP contribution in [0.15, 0.2) is 11.6 Å². The molecule has 0 aromatic rings. The molecule has 1 rings (SSSR count). The number of allylic oxidation sites excluding steroid dienone is 2. The molecule has 0 heterocycles. The zero-order valence-electron chi connectivity index (χ0n) is 12.6. The smallest absolute Gasteiger partial charge is 0.00128 e. The minimum absolute atomic E-state index is 0.787. The molecule has 2 atom stereocenters. The lowest BCUT2D eigenvalue weighted by atomic mass is 9.89. The molecule has 0 spiro atoms. The molecule has 0 bridgehead atoms. The average molecular weight is 252 g/mol. The summed E-state index contributed by atoms with van der Waals surface area (Å²) in [4.78, 5) is 2.65. The monoisotopic (exact) mass is 252 g/mol. The SMILES string of the molecule is CCC(CCN)CN(CC)CC1CCC=C(C)C1. The molecular formula is C16H32N2. The minimum Gasteiger partial charge on any atom is -0.330 e. The molecule has 0 amide bonds. The summed E-state index contributed by atoms with van der Waals surface area (Å²) in [5, 5.41) is 0. The van der Waals surface area contributed by atoms with Crippen molar-refractivity contribution < 1.29 is 0 Å². The van der Waals surface area contributed by atoms with Crippen molar-refractivity contribution in [2.24, 2.45) is 17.6 Å². The van der Waals surface area contributed by atoms with Gasteiger partial charge in [0, 0.05) is 13.1 Å². The molecule has 0 radical (unpaired) electrons. The van der Waals surface area contributed by atoms with Crippen LogP contribution in [0.1, 0.15) is 52.9 Å². The molecule has 0 fully saturated rings. The van der Waals surface area contributed by atoms with Gasteiger partial charge in [-0.1, -0.05) is 31.9 Å². The number of rotatable bonds is 8. The summed E-state index contributed by atoms with van der Waals surface area (Å²) in [5.41, 5.74) is 7.29. The van der Waals surface area contributed by atoms with Crippen molar-refractivity contribution in [3.8, 4) is 0 Å². The van der Waals surface area contributed by atoms with Gasteiger partial charge >= 0.3 is 0 Å². The van der Waals surface area contributed by atoms with Crippen LogP contribution in [0.4, 0.5) is 0 Å². The Balaban J connectivity index is 2.38. The van der Waals surface area contributed by atoms with Crippen LogP contribution in [0.3, 0.4) is 0 Å². The molecular weight excluding hydrogens is 220 g/mol. The van der Waals surface area contributed by atoms with Crippen molar-refractivity contribution in [1.29, 1.82) is 0 Å². The predicted octanol–water partition coefficient (Wildman–Crippen LogP) is 3.43. The second kappa shape index (κ2) is 8.71. The van der Waals surface area contributed by atoms with Gasteiger partial charge in [0.15, 0.2) is 0 Å². The van der Waals surface area contributed by atoms with E-state index in [1.165, 1.54) is 51.7 Å². The maximum Gasteiger partial charge on any atom is 0.00128 e. The van der Waals surface area contributed by atoms with Crippen molar-refractivity contribution in [3.05, 3.63) is 11.6 Å². The Morgan fingerprint density at radius 1 is 1.44 bits per heavy atom. The van der Waals surface area contributed by atoms with Crippen LogP contribution in [0.25, 0.3) is 0 Å². The Bertz CT molecular complexity index is 247. The third-order valence-corrected chi connectivity index (χ3v) is 4.31. The molecule has 2 nitrogen and oxygen atoms in total. The first-order valence-corrected chi connectivity index (χ1v) is 7.77. The van der Waals surface area contributed by atoms with Crippen LogP contribution < -0.4 is 5.73 Å². The molecule has 0 aromatic carbocycles. The Kier molecular flexibility index (Phi) is 7.60. The number of hydrogen-bond acceptors (Lipinski definition) is 2. The highest BCUT2D eigenvalue weighted by molar-refractivity contribution is 5.03. The van der Waals surface area contributed by atoms with Crippen LogP contribution in [-0.4, -0.2) is 31.1 Å². The summed E-state index contributed by atoms with van der Waals surface area (Å²) in [7, 11) is 0. The van der Waals surface area contributed by atoms with E-state index >= 15 is 0 Å². The molecule has 18 heavy (non-hydrogen) atoms. The van der Waals surface area contributed by atoms with Gasteiger partial charge in [0.2, 0.25) is 0 Å². The van der Waals surface area contributed by atoms with Crippen LogP contribution >= 0.6 is 0 Å². The quantitative estimate of drug-likeness (QED) is 0.671. The molecule has 1 aliphatic carbocycles. The molecule has 0 saturated heterocycles. The van der Waals surface area contributed by atoms with Crippen molar-refractivity contribution in [2.45, 2.75) is 52.9 Å². The van der Waals surface area contributed by atoms with Crippen LogP contribution in [0.2, 0.25) is 0 Å². The highest BCUT2D eigenvalue weighted by Crippen LogP contribution is 2.25. The normalized spacial score (nSPS) is 22.1. The van der Waals surface area contributed by atoms with Gasteiger partial charge in [0.1, 0.15) is 0 Å². The first-order valence-electron chi connectivity index (χ1n) is 7.77. The van der Waals surface area contributed by atoms with Crippen molar-refractivity contribution in [2.75, 3.05) is 26.2 Å². The molecule has 1 aliphatic rings. The van der Waals surface area contributed by atoms with Crippen molar-refractivity contribution in [1.82, 2.24) is 4.90 Å². The van der Waals surface area contributed by atoms with Gasteiger partial charge in [-0.25, -0.2) is 0 Å². The lowest BCUT2D eigenvalue weighted by Gasteiger charge is -2.31. The second-order valence-electron chi connectivity index (χ2n) is 5.90. The van der Waals surface area contributed by atoms with E-state index in [4.69, 9.17) is 5.73 Å². The molecule has 2 N–H and O–H groups in total. The summed E-state index contributed by atoms with van der Waals surface area (Å²) in [6.45, 7) is 11.4. The summed E-state index contributed by atoms with van der Waals surface area (Å²) >= 11 is 0. The van der Waals surface area contributed by atoms with Crippen LogP contribution in [-0.2, 0) is 0 Å². The van der Waals surface area contributed by atoms with E-state index < -0.39 is 0 Å². The molecule has 106 valence electrons. The molecule has 0 aliphatic heterocycles. The summed E-state index contributed by atoms with van der Waals surface area (Å²) in [6, 6.07) is 0. The average Bonchev–Trinajstić information content (AvgIpc) is 2.37. The van der Waals surface area contributed by atoms with E-state index in [1.54, 1.807) is 5.57 Å². The van der Waals surface area contributed by atoms with Gasteiger partial charge in [0.25, 0.3) is 0 Å². The Hall–Kier alpha value is -0.340. The number of hydrogen-bond donors (Lipinski definition) is 1. The standard InChI is InChI=1S/C16H32N2/c1-4-15(9-10-17)12-18(5-2)13-16-8-6-7-14(3)11-16/h7,15-16H,4-6,8-13,17H2,1-3H3. The topological polar surface area (TPSA) is 29.3 Å². The zero-order valence-corrected chi connectivity index (χ0v) is 12.6. The Morgan fingerprint density at radius 3 is 2.78 bits per heavy atom. The van der Waals surface area contributed by atoms with Gasteiger partial charge in [-0.3, -0.25) is 0 Å². The van der Waals surface area contributed by atoms with E-state index in [2.05, 4.69) is 31.7 Å². The fraction of sp³-hybridized carbons (Fsp3) is 0.875. The Labute approximate surface area is 114 Å². The molecule has 0 saturated carbocycles. The van der Waals surface area contributed by atoms with Gasteiger partial charge in [-0.2, -0.15) is 0 Å². The predicted molar refractivity (Wildman–Crippen MR) is 80.7 cm³/mol. The third kappa shape index (κ3) is 5.53. The summed E-state index contributed by atoms with van der Waals surface area (Å²) < 4.78 is 0. The molecule has 2 unspecified atom stereocenters. The van der Waals surface area contributed by atoms with E-state index in [0.29, 0.717) is 0 Å². The second-order valence-corrected chi connectivity index (χ2v) is 5.90. The fourth-order valence-electron chi connectivity index (χ4n) is 3.09. The number of nitrogens with zero attached hydrogens (tertiary/aromatic N) is 1. The highest BCUT2D eigenvalue weighted by atomic mass is 15.1. The van der Waals surface area contributed by atoms with Crippen LogP contribution in [0.5, 0.6) is 0 Å². The van der Waals surface area contributed by atoms with Gasteiger partial charge in [-0.05, 0) is 57.5 Å². The fourth-order valence-corrected chi connectivity index (χ4v) is 3.09. The largest absolute Gasteiger partial charge is 0.330 e. The van der Waals surface area contributed by atoms with E-state index in [1.807, 2.05) is 0 Å². The molecule has 0 aromatic heterocycles. The van der Waals surface area contributed by atoms with Gasteiger partial charge in [-0.15, -0.1) is 0 Å². The maximum absolute atomic E-state index is 5.70. The zero-order chi connectivity index (χ0) is 13.4. The summed E-state index contributed by atoms with van der Waals surface area (Å²) in [5.74, 6) is 1.67. The number of nitrogens with two attached hydrogens (primary N) is 1. The lowest BCUT2D eigenvalue weighted by molar-refractivity contribution is 0.192. The molecule has 2 heteroatoms. The first-order chi connectivity index (χ1) is 8.69.